The summed E-state index contributed by atoms with van der Waals surface area (Å²) in [5.74, 6) is 0. The van der Waals surface area contributed by atoms with Crippen molar-refractivity contribution in [1.82, 2.24) is 0 Å². The molecule has 9 nitrogen and oxygen atoms in total. The summed E-state index contributed by atoms with van der Waals surface area (Å²) in [5.41, 5.74) is 1.80. The highest BCUT2D eigenvalue weighted by atomic mass is 32.2. The third kappa shape index (κ3) is 7.50. The number of benzene rings is 3. The van der Waals surface area contributed by atoms with Crippen molar-refractivity contribution in [1.29, 1.82) is 0 Å². The van der Waals surface area contributed by atoms with Gasteiger partial charge < -0.3 is 13.7 Å². The van der Waals surface area contributed by atoms with Gasteiger partial charge in [-0.15, -0.1) is 0 Å². The van der Waals surface area contributed by atoms with E-state index in [1.807, 2.05) is 20.8 Å². The summed E-state index contributed by atoms with van der Waals surface area (Å²) in [7, 11) is 0. The summed E-state index contributed by atoms with van der Waals surface area (Å²) in [6.45, 7) is 6.98. The first kappa shape index (κ1) is 30.4. The van der Waals surface area contributed by atoms with Crippen LogP contribution in [0, 0.1) is 26.2 Å². The molecular weight excluding hydrogens is 552 g/mol. The van der Waals surface area contributed by atoms with Crippen molar-refractivity contribution in [3.63, 3.8) is 0 Å². The van der Waals surface area contributed by atoms with Crippen molar-refractivity contribution < 1.29 is 38.8 Å². The van der Waals surface area contributed by atoms with Gasteiger partial charge in [0.1, 0.15) is 18.3 Å². The summed E-state index contributed by atoms with van der Waals surface area (Å²) in [4.78, 5) is 0. The van der Waals surface area contributed by atoms with Gasteiger partial charge in [0.15, 0.2) is 0 Å². The Bertz CT molecular complexity index is 1120. The van der Waals surface area contributed by atoms with Crippen LogP contribution in [0.3, 0.4) is 0 Å². The third-order valence-corrected chi connectivity index (χ3v) is 7.41. The first-order valence-corrected chi connectivity index (χ1v) is 14.4. The molecule has 6 atom stereocenters. The predicted octanol–water partition coefficient (Wildman–Crippen LogP) is 4.57. The Morgan fingerprint density at radius 1 is 0.526 bits per heavy atom. The van der Waals surface area contributed by atoms with E-state index in [4.69, 9.17) is 12.5 Å². The van der Waals surface area contributed by atoms with Gasteiger partial charge in [0.05, 0.1) is 39.5 Å². The fourth-order valence-electron chi connectivity index (χ4n) is 4.43. The Morgan fingerprint density at radius 2 is 0.737 bits per heavy atom. The van der Waals surface area contributed by atoms with E-state index in [1.165, 1.54) is 6.92 Å². The molecule has 0 aliphatic carbocycles. The van der Waals surface area contributed by atoms with Crippen LogP contribution < -0.4 is 0 Å². The topological polar surface area (TPSA) is 148 Å². The molecule has 12 heteroatoms. The standard InChI is InChI=1S/C26H30O9S3/c1-17-5-11-20(12-6-17)23(33-36(27)28)26(4,24(34-37(29)30)21-13-7-18(2)8-14-21)25(35-38(31)32)22-15-9-19(3)10-16-22/h5-16,23-25H,1-4H3,(H,27,28)(H,29,30)(H,31,32)/p-3. The Kier molecular flexibility index (Phi) is 10.6. The van der Waals surface area contributed by atoms with Crippen LogP contribution in [-0.4, -0.2) is 26.3 Å². The molecule has 0 aliphatic heterocycles. The zero-order valence-corrected chi connectivity index (χ0v) is 23.5. The molecule has 0 saturated heterocycles. The highest BCUT2D eigenvalue weighted by Crippen LogP contribution is 2.57. The minimum Gasteiger partial charge on any atom is -0.750 e. The van der Waals surface area contributed by atoms with Crippen LogP contribution in [0.2, 0.25) is 0 Å². The van der Waals surface area contributed by atoms with Crippen molar-refractivity contribution in [2.75, 3.05) is 0 Å². The SMILES string of the molecule is Cc1ccc(C(OS(=O)[O-])C(C)(C(OS(=O)[O-])c2ccc(C)cc2)C(OS(=O)[O-])c2ccc(C)cc2)cc1. The second-order valence-corrected chi connectivity index (χ2v) is 10.9. The molecular formula is C26H27O9S3-3. The summed E-state index contributed by atoms with van der Waals surface area (Å²) in [6.07, 6.45) is -4.36. The van der Waals surface area contributed by atoms with Crippen LogP contribution >= 0.6 is 0 Å². The van der Waals surface area contributed by atoms with Gasteiger partial charge in [-0.25, -0.2) is 12.6 Å². The molecule has 0 saturated carbocycles. The second kappa shape index (κ2) is 13.3. The lowest BCUT2D eigenvalue weighted by Gasteiger charge is -2.47. The van der Waals surface area contributed by atoms with Crippen molar-refractivity contribution in [2.45, 2.75) is 46.0 Å². The van der Waals surface area contributed by atoms with Gasteiger partial charge in [0, 0.05) is 0 Å². The minimum atomic E-state index is -3.10. The summed E-state index contributed by atoms with van der Waals surface area (Å²) in [6, 6.07) is 20.0. The molecule has 38 heavy (non-hydrogen) atoms. The van der Waals surface area contributed by atoms with Gasteiger partial charge in [0.2, 0.25) is 0 Å². The zero-order chi connectivity index (χ0) is 28.0. The van der Waals surface area contributed by atoms with E-state index in [0.717, 1.165) is 16.7 Å². The molecule has 0 radical (unpaired) electrons. The van der Waals surface area contributed by atoms with Crippen LogP contribution in [-0.2, 0) is 46.6 Å². The van der Waals surface area contributed by atoms with Gasteiger partial charge in [-0.3, -0.25) is 12.5 Å². The highest BCUT2D eigenvalue weighted by molar-refractivity contribution is 7.74. The van der Waals surface area contributed by atoms with E-state index in [9.17, 15) is 26.3 Å². The molecule has 0 bridgehead atoms. The second-order valence-electron chi connectivity index (χ2n) is 9.14. The molecule has 3 aromatic rings. The maximum absolute atomic E-state index is 12.0. The molecule has 206 valence electrons. The summed E-state index contributed by atoms with van der Waals surface area (Å²) >= 11 is -9.29. The number of aryl methyl sites for hydroxylation is 3. The number of hydrogen-bond donors (Lipinski definition) is 0. The number of rotatable bonds is 12. The highest BCUT2D eigenvalue weighted by Gasteiger charge is 2.53. The third-order valence-electron chi connectivity index (χ3n) is 6.36. The van der Waals surface area contributed by atoms with E-state index in [2.05, 4.69) is 0 Å². The Labute approximate surface area is 230 Å². The fraction of sp³-hybridized carbons (Fsp3) is 0.308. The minimum absolute atomic E-state index is 0.331. The van der Waals surface area contributed by atoms with E-state index < -0.39 is 57.8 Å². The molecule has 0 N–H and O–H groups in total. The van der Waals surface area contributed by atoms with Crippen molar-refractivity contribution in [3.05, 3.63) is 106 Å². The maximum Gasteiger partial charge on any atom is 0.110 e. The van der Waals surface area contributed by atoms with Crippen molar-refractivity contribution >= 4 is 34.1 Å². The molecule has 3 rings (SSSR count). The van der Waals surface area contributed by atoms with Crippen molar-refractivity contribution in [3.8, 4) is 0 Å². The summed E-state index contributed by atoms with van der Waals surface area (Å²) < 4.78 is 88.2. The largest absolute Gasteiger partial charge is 0.750 e. The lowest BCUT2D eigenvalue weighted by atomic mass is 9.68. The van der Waals surface area contributed by atoms with E-state index in [0.29, 0.717) is 16.7 Å². The van der Waals surface area contributed by atoms with Gasteiger partial charge in [0.25, 0.3) is 0 Å². The first-order chi connectivity index (χ1) is 17.9. The normalized spacial score (nSPS) is 18.1. The van der Waals surface area contributed by atoms with Crippen molar-refractivity contribution in [2.24, 2.45) is 5.41 Å². The average molecular weight is 580 g/mol. The molecule has 0 heterocycles. The van der Waals surface area contributed by atoms with Gasteiger partial charge in [-0.2, -0.15) is 0 Å². The molecule has 6 unspecified atom stereocenters. The van der Waals surface area contributed by atoms with E-state index in [-0.39, 0.29) is 0 Å². The molecule has 0 aromatic heterocycles. The van der Waals surface area contributed by atoms with Gasteiger partial charge >= 0.3 is 0 Å². The van der Waals surface area contributed by atoms with Crippen LogP contribution in [0.25, 0.3) is 0 Å². The maximum atomic E-state index is 12.0. The molecule has 0 aliphatic rings. The van der Waals surface area contributed by atoms with Crippen LogP contribution in [0.4, 0.5) is 0 Å². The quantitative estimate of drug-likeness (QED) is 0.281. The summed E-state index contributed by atoms with van der Waals surface area (Å²) in [5, 5.41) is 0. The fourth-order valence-corrected chi connectivity index (χ4v) is 5.85. The monoisotopic (exact) mass is 579 g/mol. The zero-order valence-electron chi connectivity index (χ0n) is 21.1. The lowest BCUT2D eigenvalue weighted by molar-refractivity contribution is -0.104. The average Bonchev–Trinajstić information content (AvgIpc) is 2.85. The van der Waals surface area contributed by atoms with Crippen LogP contribution in [0.15, 0.2) is 72.8 Å². The van der Waals surface area contributed by atoms with E-state index in [1.54, 1.807) is 72.8 Å². The molecule has 0 fully saturated rings. The molecule has 3 aromatic carbocycles. The van der Waals surface area contributed by atoms with Crippen LogP contribution in [0.5, 0.6) is 0 Å². The Hall–Kier alpha value is -2.13. The Morgan fingerprint density at radius 3 is 0.921 bits per heavy atom. The van der Waals surface area contributed by atoms with Crippen LogP contribution in [0.1, 0.15) is 58.6 Å². The first-order valence-electron chi connectivity index (χ1n) is 11.4. The molecule has 0 amide bonds. The molecule has 0 spiro atoms. The van der Waals surface area contributed by atoms with Gasteiger partial charge in [-0.05, 0) is 37.5 Å². The Balaban J connectivity index is 2.40. The number of hydrogen-bond acceptors (Lipinski definition) is 9. The predicted molar refractivity (Wildman–Crippen MR) is 140 cm³/mol. The van der Waals surface area contributed by atoms with Gasteiger partial charge in [-0.1, -0.05) is 96.4 Å². The smallest absolute Gasteiger partial charge is 0.110 e. The lowest BCUT2D eigenvalue weighted by Crippen LogP contribution is -2.42. The van der Waals surface area contributed by atoms with E-state index >= 15 is 0 Å².